The largest absolute Gasteiger partial charge is 0.485 e. The van der Waals surface area contributed by atoms with Crippen LogP contribution in [0.25, 0.3) is 0 Å². The van der Waals surface area contributed by atoms with Crippen molar-refractivity contribution in [1.29, 1.82) is 0 Å². The van der Waals surface area contributed by atoms with Crippen LogP contribution in [-0.2, 0) is 30.8 Å². The highest BCUT2D eigenvalue weighted by Crippen LogP contribution is 2.39. The highest BCUT2D eigenvalue weighted by atomic mass is 32.2. The number of hydrogen-bond acceptors (Lipinski definition) is 10. The smallest absolute Gasteiger partial charge is 0.324 e. The summed E-state index contributed by atoms with van der Waals surface area (Å²) in [5, 5.41) is 11.3. The van der Waals surface area contributed by atoms with Crippen molar-refractivity contribution in [2.75, 3.05) is 13.7 Å². The maximum Gasteiger partial charge on any atom is 0.324 e. The summed E-state index contributed by atoms with van der Waals surface area (Å²) in [6.07, 6.45) is -0.190. The molecule has 0 N–H and O–H groups in total. The van der Waals surface area contributed by atoms with Crippen LogP contribution in [0.15, 0.2) is 102 Å². The lowest BCUT2D eigenvalue weighted by atomic mass is 10.00. The fourth-order valence-electron chi connectivity index (χ4n) is 5.61. The van der Waals surface area contributed by atoms with Crippen LogP contribution in [0.3, 0.4) is 0 Å². The standard InChI is InChI=1S/C35H34N2O10S/c1-4-30(25-8-6-5-7-9-25)36(48(42,43)29-17-13-27(14-18-29)37(40)41)31(35(39)44-3)20-24-10-19-32-33(21-24)45-22-34(47-32)26-11-15-28(16-12-26)46-23(2)38/h5-19,21,30-31,34H,4,20,22H2,1-3H3/t30-,31?,34?/m0/s1. The predicted octanol–water partition coefficient (Wildman–Crippen LogP) is 5.96. The van der Waals surface area contributed by atoms with Gasteiger partial charge < -0.3 is 18.9 Å². The molecule has 1 aliphatic rings. The van der Waals surface area contributed by atoms with Crippen molar-refractivity contribution in [3.05, 3.63) is 124 Å². The molecule has 2 unspecified atom stereocenters. The van der Waals surface area contributed by atoms with Gasteiger partial charge in [0.2, 0.25) is 10.0 Å². The quantitative estimate of drug-likeness (QED) is 0.0762. The molecule has 0 aromatic heterocycles. The van der Waals surface area contributed by atoms with Crippen molar-refractivity contribution >= 4 is 27.6 Å². The van der Waals surface area contributed by atoms with Crippen LogP contribution in [0.2, 0.25) is 0 Å². The first-order valence-electron chi connectivity index (χ1n) is 15.1. The van der Waals surface area contributed by atoms with Crippen LogP contribution in [-0.4, -0.2) is 49.3 Å². The van der Waals surface area contributed by atoms with Crippen LogP contribution in [0, 0.1) is 10.1 Å². The Balaban J connectivity index is 1.47. The number of esters is 2. The van der Waals surface area contributed by atoms with Crippen LogP contribution < -0.4 is 14.2 Å². The first-order chi connectivity index (χ1) is 23.0. The normalized spacial score (nSPS) is 15.3. The van der Waals surface area contributed by atoms with Crippen LogP contribution in [0.1, 0.15) is 49.1 Å². The number of ether oxygens (including phenoxy) is 4. The second kappa shape index (κ2) is 14.7. The van der Waals surface area contributed by atoms with E-state index in [2.05, 4.69) is 0 Å². The Labute approximate surface area is 278 Å². The number of carbonyl (C=O) groups is 2. The third kappa shape index (κ3) is 7.48. The molecule has 250 valence electrons. The van der Waals surface area contributed by atoms with E-state index in [0.717, 1.165) is 34.1 Å². The Bertz CT molecular complexity index is 1880. The molecule has 4 aromatic rings. The molecule has 12 nitrogen and oxygen atoms in total. The number of non-ortho nitro benzene ring substituents is 1. The van der Waals surface area contributed by atoms with E-state index in [1.807, 2.05) is 6.92 Å². The number of nitrogens with zero attached hydrogens (tertiary/aromatic N) is 2. The van der Waals surface area contributed by atoms with Gasteiger partial charge in [0.25, 0.3) is 5.69 Å². The number of benzene rings is 4. The van der Waals surface area contributed by atoms with Gasteiger partial charge in [-0.25, -0.2) is 8.42 Å². The van der Waals surface area contributed by atoms with Gasteiger partial charge in [-0.2, -0.15) is 4.31 Å². The summed E-state index contributed by atoms with van der Waals surface area (Å²) in [6.45, 7) is 3.32. The summed E-state index contributed by atoms with van der Waals surface area (Å²) in [5.41, 5.74) is 1.79. The second-order valence-electron chi connectivity index (χ2n) is 11.0. The van der Waals surface area contributed by atoms with E-state index in [4.69, 9.17) is 18.9 Å². The number of sulfonamides is 1. The van der Waals surface area contributed by atoms with Crippen molar-refractivity contribution in [1.82, 2.24) is 4.31 Å². The zero-order valence-electron chi connectivity index (χ0n) is 26.5. The summed E-state index contributed by atoms with van der Waals surface area (Å²) < 4.78 is 52.4. The molecule has 0 bridgehead atoms. The average Bonchev–Trinajstić information content (AvgIpc) is 3.09. The van der Waals surface area contributed by atoms with Crippen molar-refractivity contribution < 1.29 is 41.9 Å². The van der Waals surface area contributed by atoms with E-state index in [0.29, 0.717) is 34.8 Å². The molecule has 0 spiro atoms. The molecule has 5 rings (SSSR count). The van der Waals surface area contributed by atoms with Crippen LogP contribution in [0.4, 0.5) is 5.69 Å². The lowest BCUT2D eigenvalue weighted by Gasteiger charge is -2.36. The van der Waals surface area contributed by atoms with Gasteiger partial charge in [-0.1, -0.05) is 55.5 Å². The Kier molecular flexibility index (Phi) is 10.4. The summed E-state index contributed by atoms with van der Waals surface area (Å²) in [6, 6.07) is 23.4. The number of methoxy groups -OCH3 is 1. The van der Waals surface area contributed by atoms with Gasteiger partial charge in [0.15, 0.2) is 17.6 Å². The number of nitro groups is 1. The van der Waals surface area contributed by atoms with Crippen LogP contribution >= 0.6 is 0 Å². The summed E-state index contributed by atoms with van der Waals surface area (Å²) in [4.78, 5) is 35.2. The highest BCUT2D eigenvalue weighted by Gasteiger charge is 2.42. The molecule has 0 fully saturated rings. The molecular formula is C35H34N2O10S. The van der Waals surface area contributed by atoms with Gasteiger partial charge in [-0.3, -0.25) is 19.7 Å². The Hall–Kier alpha value is -5.27. The fourth-order valence-corrected chi connectivity index (χ4v) is 7.44. The number of hydrogen-bond donors (Lipinski definition) is 0. The van der Waals surface area contributed by atoms with Crippen LogP contribution in [0.5, 0.6) is 17.2 Å². The molecule has 0 aliphatic carbocycles. The molecule has 1 heterocycles. The zero-order valence-corrected chi connectivity index (χ0v) is 27.3. The molecule has 13 heteroatoms. The molecule has 0 radical (unpaired) electrons. The predicted molar refractivity (Wildman–Crippen MR) is 174 cm³/mol. The minimum absolute atomic E-state index is 0.0695. The maximum atomic E-state index is 14.4. The average molecular weight is 675 g/mol. The Morgan fingerprint density at radius 1 is 0.979 bits per heavy atom. The van der Waals surface area contributed by atoms with Gasteiger partial charge >= 0.3 is 11.9 Å². The molecule has 0 saturated heterocycles. The Morgan fingerprint density at radius 2 is 1.67 bits per heavy atom. The van der Waals surface area contributed by atoms with Crippen molar-refractivity contribution in [3.8, 4) is 17.2 Å². The maximum absolute atomic E-state index is 14.4. The van der Waals surface area contributed by atoms with E-state index in [1.54, 1.807) is 72.8 Å². The fraction of sp³-hybridized carbons (Fsp3) is 0.257. The minimum atomic E-state index is -4.42. The van der Waals surface area contributed by atoms with Gasteiger partial charge in [0.1, 0.15) is 18.4 Å². The molecule has 0 amide bonds. The highest BCUT2D eigenvalue weighted by molar-refractivity contribution is 7.89. The van der Waals surface area contributed by atoms with E-state index in [-0.39, 0.29) is 23.6 Å². The van der Waals surface area contributed by atoms with Crippen molar-refractivity contribution in [3.63, 3.8) is 0 Å². The number of nitro benzene ring substituents is 1. The SMILES string of the molecule is CC[C@@H](c1ccccc1)N(C(Cc1ccc2c(c1)OCC(c1ccc(OC(C)=O)cc1)O2)C(=O)OC)S(=O)(=O)c1ccc([N+](=O)[O-])cc1. The second-order valence-corrected chi connectivity index (χ2v) is 12.9. The lowest BCUT2D eigenvalue weighted by Crippen LogP contribution is -2.48. The number of carbonyl (C=O) groups excluding carboxylic acids is 2. The van der Waals surface area contributed by atoms with Crippen molar-refractivity contribution in [2.24, 2.45) is 0 Å². The molecule has 3 atom stereocenters. The number of rotatable bonds is 12. The topological polar surface area (TPSA) is 152 Å². The monoisotopic (exact) mass is 674 g/mol. The van der Waals surface area contributed by atoms with E-state index in [9.17, 15) is 28.1 Å². The number of fused-ring (bicyclic) bond motifs is 1. The van der Waals surface area contributed by atoms with E-state index >= 15 is 0 Å². The van der Waals surface area contributed by atoms with Gasteiger partial charge in [-0.05, 0) is 65.9 Å². The van der Waals surface area contributed by atoms with E-state index in [1.165, 1.54) is 14.0 Å². The molecule has 1 aliphatic heterocycles. The minimum Gasteiger partial charge on any atom is -0.485 e. The third-order valence-corrected chi connectivity index (χ3v) is 9.82. The third-order valence-electron chi connectivity index (χ3n) is 7.89. The first-order valence-corrected chi connectivity index (χ1v) is 16.6. The molecule has 4 aromatic carbocycles. The molecular weight excluding hydrogens is 640 g/mol. The first kappa shape index (κ1) is 34.1. The molecule has 48 heavy (non-hydrogen) atoms. The van der Waals surface area contributed by atoms with Gasteiger partial charge in [0, 0.05) is 19.1 Å². The summed E-state index contributed by atoms with van der Waals surface area (Å²) in [5.74, 6) is 0.0949. The summed E-state index contributed by atoms with van der Waals surface area (Å²) in [7, 11) is -3.22. The summed E-state index contributed by atoms with van der Waals surface area (Å²) >= 11 is 0. The zero-order chi connectivity index (χ0) is 34.4. The van der Waals surface area contributed by atoms with Crippen molar-refractivity contribution in [2.45, 2.75) is 49.8 Å². The van der Waals surface area contributed by atoms with Gasteiger partial charge in [0.05, 0.1) is 23.0 Å². The van der Waals surface area contributed by atoms with E-state index < -0.39 is 45.1 Å². The molecule has 0 saturated carbocycles. The lowest BCUT2D eigenvalue weighted by molar-refractivity contribution is -0.384. The Morgan fingerprint density at radius 3 is 2.27 bits per heavy atom. The van der Waals surface area contributed by atoms with Gasteiger partial charge in [-0.15, -0.1) is 0 Å².